The van der Waals surface area contributed by atoms with Crippen molar-refractivity contribution in [2.45, 2.75) is 33.7 Å². The number of aryl methyl sites for hydroxylation is 1. The quantitative estimate of drug-likeness (QED) is 0.679. The molecule has 0 aliphatic rings. The van der Waals surface area contributed by atoms with Crippen LogP contribution in [0.4, 0.5) is 0 Å². The molecular formula is C19H23N5O2. The summed E-state index contributed by atoms with van der Waals surface area (Å²) in [5, 5.41) is 8.52. The highest BCUT2D eigenvalue weighted by Gasteiger charge is 2.15. The Morgan fingerprint density at radius 2 is 1.81 bits per heavy atom. The first-order valence-corrected chi connectivity index (χ1v) is 8.89. The fourth-order valence-electron chi connectivity index (χ4n) is 2.91. The maximum atomic E-state index is 12.7. The van der Waals surface area contributed by atoms with Crippen LogP contribution in [-0.2, 0) is 17.8 Å². The molecule has 7 heteroatoms. The van der Waals surface area contributed by atoms with Crippen LogP contribution in [0.25, 0.3) is 16.8 Å². The molecule has 0 spiro atoms. The van der Waals surface area contributed by atoms with E-state index in [2.05, 4.69) is 29.3 Å². The van der Waals surface area contributed by atoms with Gasteiger partial charge in [0.1, 0.15) is 18.4 Å². The molecule has 0 unspecified atom stereocenters. The summed E-state index contributed by atoms with van der Waals surface area (Å²) in [4.78, 5) is 26.6. The maximum absolute atomic E-state index is 12.7. The molecule has 0 radical (unpaired) electrons. The normalized spacial score (nSPS) is 11.0. The second-order valence-corrected chi connectivity index (χ2v) is 6.07. The van der Waals surface area contributed by atoms with Crippen LogP contribution in [0.3, 0.4) is 0 Å². The number of likely N-dealkylation sites (N-methyl/N-ethyl adjacent to an activating group) is 1. The van der Waals surface area contributed by atoms with E-state index in [1.165, 1.54) is 21.1 Å². The number of rotatable bonds is 6. The fourth-order valence-corrected chi connectivity index (χ4v) is 2.91. The van der Waals surface area contributed by atoms with Gasteiger partial charge in [-0.1, -0.05) is 31.2 Å². The molecule has 0 aliphatic carbocycles. The molecule has 2 heterocycles. The van der Waals surface area contributed by atoms with Gasteiger partial charge in [0.15, 0.2) is 0 Å². The lowest BCUT2D eigenvalue weighted by atomic mass is 10.1. The Balaban J connectivity index is 1.94. The smallest absolute Gasteiger partial charge is 0.293 e. The highest BCUT2D eigenvalue weighted by atomic mass is 16.2. The molecule has 0 atom stereocenters. The van der Waals surface area contributed by atoms with Gasteiger partial charge in [0, 0.05) is 18.7 Å². The Hall–Kier alpha value is -2.96. The summed E-state index contributed by atoms with van der Waals surface area (Å²) in [7, 11) is 0. The van der Waals surface area contributed by atoms with E-state index in [0.29, 0.717) is 24.3 Å². The molecule has 136 valence electrons. The van der Waals surface area contributed by atoms with Crippen LogP contribution in [0.2, 0.25) is 0 Å². The zero-order chi connectivity index (χ0) is 18.7. The van der Waals surface area contributed by atoms with Gasteiger partial charge in [0.2, 0.25) is 5.91 Å². The lowest BCUT2D eigenvalue weighted by molar-refractivity contribution is -0.131. The molecular weight excluding hydrogens is 330 g/mol. The second kappa shape index (κ2) is 7.51. The van der Waals surface area contributed by atoms with Crippen LogP contribution in [0.5, 0.6) is 0 Å². The minimum absolute atomic E-state index is 0.0667. The van der Waals surface area contributed by atoms with Crippen LogP contribution < -0.4 is 5.56 Å². The topological polar surface area (TPSA) is 72.5 Å². The van der Waals surface area contributed by atoms with Crippen molar-refractivity contribution in [1.82, 2.24) is 24.3 Å². The first kappa shape index (κ1) is 17.8. The van der Waals surface area contributed by atoms with Crippen molar-refractivity contribution < 1.29 is 4.79 Å². The van der Waals surface area contributed by atoms with E-state index < -0.39 is 0 Å². The summed E-state index contributed by atoms with van der Waals surface area (Å²) in [6.07, 6.45) is 2.44. The molecule has 1 amide bonds. The minimum Gasteiger partial charge on any atom is -0.342 e. The number of aromatic nitrogens is 4. The van der Waals surface area contributed by atoms with Gasteiger partial charge in [-0.05, 0) is 31.9 Å². The van der Waals surface area contributed by atoms with Crippen molar-refractivity contribution in [3.05, 3.63) is 52.6 Å². The van der Waals surface area contributed by atoms with Crippen LogP contribution in [0.15, 0.2) is 41.5 Å². The summed E-state index contributed by atoms with van der Waals surface area (Å²) < 4.78 is 2.66. The van der Waals surface area contributed by atoms with Gasteiger partial charge in [-0.2, -0.15) is 10.2 Å². The Kier molecular flexibility index (Phi) is 5.16. The van der Waals surface area contributed by atoms with E-state index in [9.17, 15) is 9.59 Å². The predicted molar refractivity (Wildman–Crippen MR) is 100.0 cm³/mol. The molecule has 0 saturated heterocycles. The summed E-state index contributed by atoms with van der Waals surface area (Å²) >= 11 is 0. The molecule has 0 bridgehead atoms. The Morgan fingerprint density at radius 1 is 1.12 bits per heavy atom. The van der Waals surface area contributed by atoms with Crippen molar-refractivity contribution in [3.8, 4) is 11.3 Å². The van der Waals surface area contributed by atoms with E-state index in [-0.39, 0.29) is 18.0 Å². The van der Waals surface area contributed by atoms with E-state index in [0.717, 1.165) is 12.0 Å². The third-order valence-electron chi connectivity index (χ3n) is 4.55. The van der Waals surface area contributed by atoms with Gasteiger partial charge >= 0.3 is 0 Å². The molecule has 0 saturated carbocycles. The van der Waals surface area contributed by atoms with E-state index >= 15 is 0 Å². The number of benzene rings is 1. The van der Waals surface area contributed by atoms with Gasteiger partial charge in [-0.3, -0.25) is 9.59 Å². The van der Waals surface area contributed by atoms with Gasteiger partial charge in [-0.25, -0.2) is 9.20 Å². The number of fused-ring (bicyclic) bond motifs is 1. The lowest BCUT2D eigenvalue weighted by Crippen LogP contribution is -2.37. The van der Waals surface area contributed by atoms with E-state index in [1.54, 1.807) is 11.0 Å². The fraction of sp³-hybridized carbons (Fsp3) is 0.368. The maximum Gasteiger partial charge on any atom is 0.293 e. The number of hydrogen-bond donors (Lipinski definition) is 0. The molecule has 0 N–H and O–H groups in total. The molecule has 0 aliphatic heterocycles. The van der Waals surface area contributed by atoms with Crippen molar-refractivity contribution in [2.75, 3.05) is 13.1 Å². The van der Waals surface area contributed by atoms with Gasteiger partial charge < -0.3 is 4.90 Å². The van der Waals surface area contributed by atoms with Crippen molar-refractivity contribution in [1.29, 1.82) is 0 Å². The third kappa shape index (κ3) is 3.37. The van der Waals surface area contributed by atoms with Crippen LogP contribution in [0, 0.1) is 0 Å². The first-order valence-electron chi connectivity index (χ1n) is 8.89. The average molecular weight is 353 g/mol. The molecule has 2 aromatic heterocycles. The minimum atomic E-state index is -0.322. The number of nitrogens with zero attached hydrogens (tertiary/aromatic N) is 5. The number of carbonyl (C=O) groups excluding carboxylic acids is 1. The van der Waals surface area contributed by atoms with E-state index in [1.807, 2.05) is 26.0 Å². The van der Waals surface area contributed by atoms with Crippen LogP contribution >= 0.6 is 0 Å². The number of hydrogen-bond acceptors (Lipinski definition) is 4. The van der Waals surface area contributed by atoms with Crippen LogP contribution in [0.1, 0.15) is 26.3 Å². The summed E-state index contributed by atoms with van der Waals surface area (Å²) in [5.41, 5.74) is 2.98. The summed E-state index contributed by atoms with van der Waals surface area (Å²) in [6.45, 7) is 7.08. The lowest BCUT2D eigenvalue weighted by Gasteiger charge is -2.18. The van der Waals surface area contributed by atoms with Crippen molar-refractivity contribution >= 4 is 11.4 Å². The largest absolute Gasteiger partial charge is 0.342 e. The average Bonchev–Trinajstić information content (AvgIpc) is 3.10. The molecule has 0 fully saturated rings. The zero-order valence-electron chi connectivity index (χ0n) is 15.3. The second-order valence-electron chi connectivity index (χ2n) is 6.07. The highest BCUT2D eigenvalue weighted by Crippen LogP contribution is 2.19. The monoisotopic (exact) mass is 353 g/mol. The van der Waals surface area contributed by atoms with Crippen LogP contribution in [-0.4, -0.2) is 43.3 Å². The van der Waals surface area contributed by atoms with E-state index in [4.69, 9.17) is 0 Å². The van der Waals surface area contributed by atoms with Gasteiger partial charge in [0.05, 0.1) is 5.69 Å². The van der Waals surface area contributed by atoms with Gasteiger partial charge in [0.25, 0.3) is 5.56 Å². The highest BCUT2D eigenvalue weighted by molar-refractivity contribution is 5.76. The first-order chi connectivity index (χ1) is 12.6. The number of amides is 1. The Labute approximate surface area is 151 Å². The molecule has 7 nitrogen and oxygen atoms in total. The van der Waals surface area contributed by atoms with Crippen molar-refractivity contribution in [2.24, 2.45) is 0 Å². The van der Waals surface area contributed by atoms with Crippen molar-refractivity contribution in [3.63, 3.8) is 0 Å². The summed E-state index contributed by atoms with van der Waals surface area (Å²) in [5.74, 6) is -0.121. The Bertz CT molecular complexity index is 968. The molecule has 3 rings (SSSR count). The SMILES string of the molecule is CCc1ccc(-c2cc3c(=O)n(CC(=O)N(CC)CC)ncn3n2)cc1. The predicted octanol–water partition coefficient (Wildman–Crippen LogP) is 1.99. The third-order valence-corrected chi connectivity index (χ3v) is 4.55. The standard InChI is InChI=1S/C19H23N5O2/c1-4-14-7-9-15(10-8-14)16-11-17-19(26)23(20-13-24(17)21-16)12-18(25)22(5-2)6-3/h7-11,13H,4-6,12H2,1-3H3. The molecule has 1 aromatic carbocycles. The number of carbonyl (C=O) groups is 1. The molecule has 3 aromatic rings. The Morgan fingerprint density at radius 3 is 2.42 bits per heavy atom. The van der Waals surface area contributed by atoms with Gasteiger partial charge in [-0.15, -0.1) is 0 Å². The summed E-state index contributed by atoms with van der Waals surface area (Å²) in [6, 6.07) is 9.84. The zero-order valence-corrected chi connectivity index (χ0v) is 15.3. The molecule has 26 heavy (non-hydrogen) atoms.